The SMILES string of the molecule is Cc1cc(Cl)cnc1NS(=O)(=O)CCl. The number of halogens is 2. The van der Waals surface area contributed by atoms with Gasteiger partial charge in [0.2, 0.25) is 10.0 Å². The third-order valence-corrected chi connectivity index (χ3v) is 3.30. The molecule has 1 rings (SSSR count). The number of alkyl halides is 1. The summed E-state index contributed by atoms with van der Waals surface area (Å²) >= 11 is 10.9. The van der Waals surface area contributed by atoms with Crippen LogP contribution in [0.5, 0.6) is 0 Å². The topological polar surface area (TPSA) is 59.1 Å². The van der Waals surface area contributed by atoms with Gasteiger partial charge in [0.05, 0.1) is 5.02 Å². The van der Waals surface area contributed by atoms with Gasteiger partial charge in [0.15, 0.2) is 0 Å². The minimum Gasteiger partial charge on any atom is -0.266 e. The number of sulfonamides is 1. The fourth-order valence-electron chi connectivity index (χ4n) is 0.822. The fourth-order valence-corrected chi connectivity index (χ4v) is 1.76. The second-order valence-electron chi connectivity index (χ2n) is 2.64. The Morgan fingerprint density at radius 1 is 1.57 bits per heavy atom. The Morgan fingerprint density at radius 3 is 2.71 bits per heavy atom. The van der Waals surface area contributed by atoms with Gasteiger partial charge in [-0.3, -0.25) is 4.72 Å². The normalized spacial score (nSPS) is 11.4. The first-order chi connectivity index (χ1) is 6.44. The maximum atomic E-state index is 11.1. The van der Waals surface area contributed by atoms with Crippen LogP contribution >= 0.6 is 23.2 Å². The van der Waals surface area contributed by atoms with E-state index in [-0.39, 0.29) is 5.82 Å². The summed E-state index contributed by atoms with van der Waals surface area (Å²) < 4.78 is 24.4. The predicted octanol–water partition coefficient (Wildman–Crippen LogP) is 1.98. The van der Waals surface area contributed by atoms with Gasteiger partial charge in [0.25, 0.3) is 0 Å². The van der Waals surface area contributed by atoms with Crippen LogP contribution in [-0.2, 0) is 10.0 Å². The van der Waals surface area contributed by atoms with Crippen molar-refractivity contribution in [3.63, 3.8) is 0 Å². The van der Waals surface area contributed by atoms with E-state index in [9.17, 15) is 8.42 Å². The quantitative estimate of drug-likeness (QED) is 0.840. The van der Waals surface area contributed by atoms with Crippen LogP contribution in [0.1, 0.15) is 5.56 Å². The summed E-state index contributed by atoms with van der Waals surface area (Å²) in [5, 5.41) is -0.0483. The van der Waals surface area contributed by atoms with E-state index in [1.54, 1.807) is 13.0 Å². The molecule has 14 heavy (non-hydrogen) atoms. The Labute approximate surface area is 92.3 Å². The van der Waals surface area contributed by atoms with E-state index in [1.807, 2.05) is 0 Å². The van der Waals surface area contributed by atoms with Crippen LogP contribution in [0.25, 0.3) is 0 Å². The van der Waals surface area contributed by atoms with Crippen molar-refractivity contribution in [1.29, 1.82) is 0 Å². The Hall–Kier alpha value is -0.520. The number of pyridine rings is 1. The molecule has 0 aliphatic carbocycles. The average Bonchev–Trinajstić information content (AvgIpc) is 2.10. The monoisotopic (exact) mass is 254 g/mol. The first-order valence-electron chi connectivity index (χ1n) is 3.63. The highest BCUT2D eigenvalue weighted by molar-refractivity contribution is 7.93. The lowest BCUT2D eigenvalue weighted by Crippen LogP contribution is -2.15. The van der Waals surface area contributed by atoms with Gasteiger partial charge in [0.1, 0.15) is 11.0 Å². The molecule has 1 heterocycles. The van der Waals surface area contributed by atoms with Crippen LogP contribution in [0.3, 0.4) is 0 Å². The van der Waals surface area contributed by atoms with Gasteiger partial charge in [-0.15, -0.1) is 11.6 Å². The van der Waals surface area contributed by atoms with Crippen molar-refractivity contribution in [2.75, 3.05) is 9.93 Å². The molecule has 0 spiro atoms. The van der Waals surface area contributed by atoms with Crippen molar-refractivity contribution >= 4 is 39.0 Å². The number of hydrogen-bond acceptors (Lipinski definition) is 3. The van der Waals surface area contributed by atoms with Crippen molar-refractivity contribution in [2.24, 2.45) is 0 Å². The number of nitrogens with one attached hydrogen (secondary N) is 1. The van der Waals surface area contributed by atoms with Gasteiger partial charge in [0, 0.05) is 6.20 Å². The molecule has 1 N–H and O–H groups in total. The standard InChI is InChI=1S/C7H8Cl2N2O2S/c1-5-2-6(9)3-10-7(5)11-14(12,13)4-8/h2-3H,4H2,1H3,(H,10,11). The van der Waals surface area contributed by atoms with Crippen LogP contribution in [0.15, 0.2) is 12.3 Å². The molecule has 0 aliphatic rings. The van der Waals surface area contributed by atoms with Gasteiger partial charge in [-0.2, -0.15) is 0 Å². The number of aryl methyl sites for hydroxylation is 1. The van der Waals surface area contributed by atoms with E-state index >= 15 is 0 Å². The highest BCUT2D eigenvalue weighted by atomic mass is 35.5. The molecular weight excluding hydrogens is 247 g/mol. The largest absolute Gasteiger partial charge is 0.266 e. The molecule has 0 atom stereocenters. The minimum atomic E-state index is -3.50. The zero-order valence-electron chi connectivity index (χ0n) is 7.29. The second kappa shape index (κ2) is 4.33. The van der Waals surface area contributed by atoms with E-state index in [2.05, 4.69) is 9.71 Å². The maximum Gasteiger partial charge on any atom is 0.247 e. The Morgan fingerprint density at radius 2 is 2.21 bits per heavy atom. The van der Waals surface area contributed by atoms with Gasteiger partial charge in [-0.25, -0.2) is 13.4 Å². The summed E-state index contributed by atoms with van der Waals surface area (Å²) in [5.74, 6) is 0.245. The van der Waals surface area contributed by atoms with E-state index < -0.39 is 15.2 Å². The van der Waals surface area contributed by atoms with Crippen molar-refractivity contribution in [1.82, 2.24) is 4.98 Å². The summed E-state index contributed by atoms with van der Waals surface area (Å²) in [4.78, 5) is 3.83. The molecule has 78 valence electrons. The summed E-state index contributed by atoms with van der Waals surface area (Å²) in [6.07, 6.45) is 1.36. The zero-order valence-corrected chi connectivity index (χ0v) is 9.62. The summed E-state index contributed by atoms with van der Waals surface area (Å²) in [6.45, 7) is 1.70. The van der Waals surface area contributed by atoms with Gasteiger partial charge < -0.3 is 0 Å². The Bertz CT molecular complexity index is 433. The third-order valence-electron chi connectivity index (χ3n) is 1.44. The fraction of sp³-hybridized carbons (Fsp3) is 0.286. The molecule has 0 radical (unpaired) electrons. The lowest BCUT2D eigenvalue weighted by atomic mass is 10.3. The molecule has 0 fully saturated rings. The summed E-state index contributed by atoms with van der Waals surface area (Å²) in [5.41, 5.74) is 0.645. The number of aromatic nitrogens is 1. The molecule has 0 amide bonds. The van der Waals surface area contributed by atoms with Gasteiger partial charge >= 0.3 is 0 Å². The molecular formula is C7H8Cl2N2O2S. The third kappa shape index (κ3) is 3.01. The van der Waals surface area contributed by atoms with Crippen LogP contribution in [0.2, 0.25) is 5.02 Å². The molecule has 0 unspecified atom stereocenters. The van der Waals surface area contributed by atoms with Crippen LogP contribution < -0.4 is 4.72 Å². The minimum absolute atomic E-state index is 0.245. The van der Waals surface area contributed by atoms with E-state index in [1.165, 1.54) is 6.20 Å². The molecule has 0 saturated heterocycles. The van der Waals surface area contributed by atoms with Crippen LogP contribution in [0.4, 0.5) is 5.82 Å². The molecule has 7 heteroatoms. The number of anilines is 1. The zero-order chi connectivity index (χ0) is 10.8. The van der Waals surface area contributed by atoms with Gasteiger partial charge in [-0.05, 0) is 18.6 Å². The lowest BCUT2D eigenvalue weighted by molar-refractivity contribution is 0.605. The lowest BCUT2D eigenvalue weighted by Gasteiger charge is -2.06. The number of rotatable bonds is 3. The molecule has 1 aromatic heterocycles. The molecule has 0 aromatic carbocycles. The Balaban J connectivity index is 2.99. The van der Waals surface area contributed by atoms with Crippen molar-refractivity contribution in [3.05, 3.63) is 22.8 Å². The first kappa shape index (κ1) is 11.6. The summed E-state index contributed by atoms with van der Waals surface area (Å²) in [7, 11) is -3.50. The van der Waals surface area contributed by atoms with Gasteiger partial charge in [-0.1, -0.05) is 11.6 Å². The van der Waals surface area contributed by atoms with E-state index in [0.717, 1.165) is 0 Å². The van der Waals surface area contributed by atoms with Crippen LogP contribution in [0, 0.1) is 6.92 Å². The number of hydrogen-bond donors (Lipinski definition) is 1. The van der Waals surface area contributed by atoms with E-state index in [4.69, 9.17) is 23.2 Å². The average molecular weight is 255 g/mol. The van der Waals surface area contributed by atoms with E-state index in [0.29, 0.717) is 10.6 Å². The van der Waals surface area contributed by atoms with Crippen molar-refractivity contribution in [2.45, 2.75) is 6.92 Å². The Kier molecular flexibility index (Phi) is 3.58. The highest BCUT2D eigenvalue weighted by Crippen LogP contribution is 2.17. The molecule has 4 nitrogen and oxygen atoms in total. The maximum absolute atomic E-state index is 11.1. The highest BCUT2D eigenvalue weighted by Gasteiger charge is 2.10. The van der Waals surface area contributed by atoms with Crippen LogP contribution in [-0.4, -0.2) is 18.6 Å². The number of nitrogens with zero attached hydrogens (tertiary/aromatic N) is 1. The molecule has 0 saturated carbocycles. The van der Waals surface area contributed by atoms with Crippen molar-refractivity contribution < 1.29 is 8.42 Å². The summed E-state index contributed by atoms with van der Waals surface area (Å²) in [6, 6.07) is 1.61. The first-order valence-corrected chi connectivity index (χ1v) is 6.19. The smallest absolute Gasteiger partial charge is 0.247 e. The van der Waals surface area contributed by atoms with Crippen molar-refractivity contribution in [3.8, 4) is 0 Å². The molecule has 1 aromatic rings. The molecule has 0 aliphatic heterocycles. The predicted molar refractivity (Wildman–Crippen MR) is 57.2 cm³/mol. The second-order valence-corrected chi connectivity index (χ2v) is 5.39. The molecule has 0 bridgehead atoms.